The van der Waals surface area contributed by atoms with Gasteiger partial charge in [-0.1, -0.05) is 54.6 Å². The molecule has 2 aromatic rings. The van der Waals surface area contributed by atoms with Crippen LogP contribution < -0.4 is 0 Å². The number of ether oxygens (including phenoxy) is 2. The lowest BCUT2D eigenvalue weighted by molar-refractivity contribution is 0.0344. The molecule has 2 rings (SSSR count). The van der Waals surface area contributed by atoms with Crippen LogP contribution in [0.25, 0.3) is 0 Å². The van der Waals surface area contributed by atoms with Gasteiger partial charge in [-0.05, 0) is 30.3 Å². The van der Waals surface area contributed by atoms with Crippen molar-refractivity contribution in [1.29, 1.82) is 0 Å². The number of aliphatic hydroxyl groups is 1. The van der Waals surface area contributed by atoms with E-state index in [-0.39, 0.29) is 13.2 Å². The summed E-state index contributed by atoms with van der Waals surface area (Å²) >= 11 is 0. The van der Waals surface area contributed by atoms with E-state index < -0.39 is 18.0 Å². The monoisotopic (exact) mass is 352 g/mol. The standard InChI is InChI=1S/C21H20O5/c22-19(16-26-21(24)18-12-6-2-7-13-18)14-8-3-9-15-25-20(23)17-10-4-1-5-11-17/h1-14,19,22H,15-16H2/b9-3+,14-8+/t19-/m0/s1. The normalized spacial score (nSPS) is 12.2. The Balaban J connectivity index is 1.65. The lowest BCUT2D eigenvalue weighted by atomic mass is 10.2. The Morgan fingerprint density at radius 1 is 0.846 bits per heavy atom. The van der Waals surface area contributed by atoms with Gasteiger partial charge in [0, 0.05) is 0 Å². The van der Waals surface area contributed by atoms with Gasteiger partial charge in [0.15, 0.2) is 0 Å². The molecule has 26 heavy (non-hydrogen) atoms. The number of benzene rings is 2. The first kappa shape index (κ1) is 19.1. The lowest BCUT2D eigenvalue weighted by Crippen LogP contribution is -2.16. The molecule has 2 aromatic carbocycles. The van der Waals surface area contributed by atoms with Crippen LogP contribution in [0.3, 0.4) is 0 Å². The molecule has 0 saturated carbocycles. The number of aliphatic hydroxyl groups excluding tert-OH is 1. The first-order valence-corrected chi connectivity index (χ1v) is 8.12. The van der Waals surface area contributed by atoms with Crippen molar-refractivity contribution in [3.8, 4) is 0 Å². The van der Waals surface area contributed by atoms with Crippen LogP contribution in [0.4, 0.5) is 0 Å². The van der Waals surface area contributed by atoms with Gasteiger partial charge in [-0.25, -0.2) is 9.59 Å². The smallest absolute Gasteiger partial charge is 0.338 e. The molecular formula is C21H20O5. The van der Waals surface area contributed by atoms with E-state index in [1.165, 1.54) is 6.08 Å². The van der Waals surface area contributed by atoms with E-state index >= 15 is 0 Å². The molecule has 0 unspecified atom stereocenters. The molecular weight excluding hydrogens is 332 g/mol. The molecule has 0 bridgehead atoms. The highest BCUT2D eigenvalue weighted by Crippen LogP contribution is 2.02. The third-order valence-corrected chi connectivity index (χ3v) is 3.30. The molecule has 0 aliphatic heterocycles. The maximum Gasteiger partial charge on any atom is 0.338 e. The van der Waals surface area contributed by atoms with Crippen molar-refractivity contribution < 1.29 is 24.2 Å². The van der Waals surface area contributed by atoms with Crippen LogP contribution >= 0.6 is 0 Å². The van der Waals surface area contributed by atoms with Crippen LogP contribution in [0, 0.1) is 0 Å². The fraction of sp³-hybridized carbons (Fsp3) is 0.143. The van der Waals surface area contributed by atoms with Gasteiger partial charge < -0.3 is 14.6 Å². The van der Waals surface area contributed by atoms with Crippen LogP contribution in [-0.2, 0) is 9.47 Å². The minimum atomic E-state index is -0.917. The zero-order valence-corrected chi connectivity index (χ0v) is 14.2. The van der Waals surface area contributed by atoms with Crippen molar-refractivity contribution in [2.75, 3.05) is 13.2 Å². The van der Waals surface area contributed by atoms with Gasteiger partial charge >= 0.3 is 11.9 Å². The zero-order valence-electron chi connectivity index (χ0n) is 14.2. The Hall–Kier alpha value is -3.18. The molecule has 1 N–H and O–H groups in total. The molecule has 0 heterocycles. The molecule has 0 saturated heterocycles. The summed E-state index contributed by atoms with van der Waals surface area (Å²) in [5.74, 6) is -0.881. The number of rotatable bonds is 8. The average Bonchev–Trinajstić information content (AvgIpc) is 2.69. The van der Waals surface area contributed by atoms with E-state index in [2.05, 4.69) is 0 Å². The second-order valence-corrected chi connectivity index (χ2v) is 5.31. The Kier molecular flexibility index (Phi) is 7.83. The summed E-state index contributed by atoms with van der Waals surface area (Å²) in [6.07, 6.45) is 5.44. The predicted molar refractivity (Wildman–Crippen MR) is 97.7 cm³/mol. The number of hydrogen-bond donors (Lipinski definition) is 1. The summed E-state index contributed by atoms with van der Waals surface area (Å²) in [4.78, 5) is 23.4. The van der Waals surface area contributed by atoms with Crippen molar-refractivity contribution in [2.45, 2.75) is 6.10 Å². The van der Waals surface area contributed by atoms with Crippen molar-refractivity contribution in [3.05, 3.63) is 96.1 Å². The van der Waals surface area contributed by atoms with E-state index in [1.807, 2.05) is 6.07 Å². The minimum absolute atomic E-state index is 0.122. The molecule has 0 fully saturated rings. The van der Waals surface area contributed by atoms with Gasteiger partial charge in [0.05, 0.1) is 11.1 Å². The van der Waals surface area contributed by atoms with Crippen molar-refractivity contribution in [2.24, 2.45) is 0 Å². The molecule has 5 heteroatoms. The second-order valence-electron chi connectivity index (χ2n) is 5.31. The Labute approximate surface area is 152 Å². The van der Waals surface area contributed by atoms with Crippen molar-refractivity contribution in [1.82, 2.24) is 0 Å². The van der Waals surface area contributed by atoms with Gasteiger partial charge in [-0.15, -0.1) is 0 Å². The van der Waals surface area contributed by atoms with Gasteiger partial charge in [-0.2, -0.15) is 0 Å². The maximum absolute atomic E-state index is 11.7. The summed E-state index contributed by atoms with van der Waals surface area (Å²) in [7, 11) is 0. The van der Waals surface area contributed by atoms with E-state index in [0.29, 0.717) is 11.1 Å². The summed E-state index contributed by atoms with van der Waals surface area (Å²) in [5.41, 5.74) is 0.927. The SMILES string of the molecule is O=C(OC/C=C/C=C/[C@H](O)COC(=O)c1ccccc1)c1ccccc1. The quantitative estimate of drug-likeness (QED) is 0.583. The topological polar surface area (TPSA) is 72.8 Å². The van der Waals surface area contributed by atoms with Crippen molar-refractivity contribution >= 4 is 11.9 Å². The Morgan fingerprint density at radius 2 is 1.38 bits per heavy atom. The van der Waals surface area contributed by atoms with Crippen molar-refractivity contribution in [3.63, 3.8) is 0 Å². The van der Waals surface area contributed by atoms with E-state index in [1.54, 1.807) is 72.8 Å². The third kappa shape index (κ3) is 6.75. The molecule has 5 nitrogen and oxygen atoms in total. The molecule has 1 atom stereocenters. The Morgan fingerprint density at radius 3 is 1.96 bits per heavy atom. The predicted octanol–water partition coefficient (Wildman–Crippen LogP) is 3.17. The van der Waals surface area contributed by atoms with Gasteiger partial charge in [0.1, 0.15) is 19.3 Å². The lowest BCUT2D eigenvalue weighted by Gasteiger charge is -2.07. The Bertz CT molecular complexity index is 750. The van der Waals surface area contributed by atoms with Crippen LogP contribution in [0.15, 0.2) is 85.0 Å². The number of esters is 2. The van der Waals surface area contributed by atoms with Gasteiger partial charge in [0.25, 0.3) is 0 Å². The van der Waals surface area contributed by atoms with Crippen LogP contribution in [-0.4, -0.2) is 36.4 Å². The highest BCUT2D eigenvalue weighted by atomic mass is 16.5. The molecule has 0 spiro atoms. The molecule has 0 aliphatic rings. The largest absolute Gasteiger partial charge is 0.459 e. The summed E-state index contributed by atoms with van der Waals surface area (Å²) in [5, 5.41) is 9.76. The highest BCUT2D eigenvalue weighted by Gasteiger charge is 2.08. The van der Waals surface area contributed by atoms with Crippen LogP contribution in [0.1, 0.15) is 20.7 Å². The van der Waals surface area contributed by atoms with Crippen LogP contribution in [0.2, 0.25) is 0 Å². The maximum atomic E-state index is 11.7. The third-order valence-electron chi connectivity index (χ3n) is 3.30. The van der Waals surface area contributed by atoms with Gasteiger partial charge in [-0.3, -0.25) is 0 Å². The number of carbonyl (C=O) groups is 2. The molecule has 0 aromatic heterocycles. The zero-order chi connectivity index (χ0) is 18.6. The minimum Gasteiger partial charge on any atom is -0.459 e. The van der Waals surface area contributed by atoms with Crippen LogP contribution in [0.5, 0.6) is 0 Å². The number of allylic oxidation sites excluding steroid dienone is 2. The number of carbonyl (C=O) groups excluding carboxylic acids is 2. The molecule has 0 aliphatic carbocycles. The molecule has 134 valence electrons. The first-order chi connectivity index (χ1) is 12.7. The molecule has 0 radical (unpaired) electrons. The van der Waals surface area contributed by atoms with Gasteiger partial charge in [0.2, 0.25) is 0 Å². The van der Waals surface area contributed by atoms with E-state index in [4.69, 9.17) is 9.47 Å². The van der Waals surface area contributed by atoms with E-state index in [9.17, 15) is 14.7 Å². The average molecular weight is 352 g/mol. The summed E-state index contributed by atoms with van der Waals surface area (Å²) < 4.78 is 10.1. The summed E-state index contributed by atoms with van der Waals surface area (Å²) in [6.45, 7) is -0.0157. The second kappa shape index (κ2) is 10.6. The fourth-order valence-corrected chi connectivity index (χ4v) is 1.98. The first-order valence-electron chi connectivity index (χ1n) is 8.12. The van der Waals surface area contributed by atoms with E-state index in [0.717, 1.165) is 0 Å². The fourth-order valence-electron chi connectivity index (χ4n) is 1.98. The number of hydrogen-bond acceptors (Lipinski definition) is 5. The molecule has 0 amide bonds. The summed E-state index contributed by atoms with van der Waals surface area (Å²) in [6, 6.07) is 17.3. The highest BCUT2D eigenvalue weighted by molar-refractivity contribution is 5.89.